The molecule has 0 radical (unpaired) electrons. The molecule has 7 heteroatoms. The van der Waals surface area contributed by atoms with Gasteiger partial charge in [0.15, 0.2) is 5.96 Å². The number of nitrogens with one attached hydrogen (secondary N) is 2. The van der Waals surface area contributed by atoms with Gasteiger partial charge in [-0.05, 0) is 30.7 Å². The first kappa shape index (κ1) is 21.6. The minimum atomic E-state index is 0. The molecule has 1 heterocycles. The van der Waals surface area contributed by atoms with Gasteiger partial charge in [-0.2, -0.15) is 0 Å². The summed E-state index contributed by atoms with van der Waals surface area (Å²) in [6, 6.07) is 16.5. The van der Waals surface area contributed by atoms with Crippen molar-refractivity contribution in [3.8, 4) is 5.75 Å². The van der Waals surface area contributed by atoms with Gasteiger partial charge in [0.05, 0.1) is 7.11 Å². The molecule has 2 aromatic carbocycles. The number of ether oxygens (including phenoxy) is 1. The lowest BCUT2D eigenvalue weighted by atomic mass is 10.2. The molecule has 1 aliphatic rings. The Kier molecular flexibility index (Phi) is 8.50. The van der Waals surface area contributed by atoms with E-state index in [0.717, 1.165) is 36.8 Å². The highest BCUT2D eigenvalue weighted by Crippen LogP contribution is 2.23. The van der Waals surface area contributed by atoms with Crippen LogP contribution in [0.4, 0.5) is 5.69 Å². The van der Waals surface area contributed by atoms with Gasteiger partial charge in [-0.15, -0.1) is 24.0 Å². The predicted molar refractivity (Wildman–Crippen MR) is 124 cm³/mol. The minimum absolute atomic E-state index is 0. The first-order valence-corrected chi connectivity index (χ1v) is 9.17. The number of hydrogen-bond donors (Lipinski definition) is 2. The number of rotatable bonds is 5. The second kappa shape index (κ2) is 10.6. The molecule has 3 rings (SSSR count). The predicted octanol–water partition coefficient (Wildman–Crippen LogP) is 3.91. The second-order valence-corrected chi connectivity index (χ2v) is 6.73. The molecule has 0 aliphatic carbocycles. The monoisotopic (exact) mass is 500 g/mol. The standard InChI is InChI=1S/C20H25ClN4O.HI/c1-22-20(23-13-15-8-9-16(21)12-19(15)26-2)24-17-10-11-25(14-17)18-6-4-3-5-7-18;/h3-9,12,17H,10-11,13-14H2,1-2H3,(H2,22,23,24);1H. The lowest BCUT2D eigenvalue weighted by Crippen LogP contribution is -2.44. The fraction of sp³-hybridized carbons (Fsp3) is 0.350. The zero-order valence-corrected chi connectivity index (χ0v) is 18.7. The van der Waals surface area contributed by atoms with E-state index in [2.05, 4.69) is 44.8 Å². The molecule has 5 nitrogen and oxygen atoms in total. The number of anilines is 1. The molecule has 0 saturated carbocycles. The molecule has 1 atom stereocenters. The van der Waals surface area contributed by atoms with E-state index >= 15 is 0 Å². The number of benzene rings is 2. The highest BCUT2D eigenvalue weighted by molar-refractivity contribution is 14.0. The number of halogens is 2. The Hall–Kier alpha value is -1.67. The molecule has 0 bridgehead atoms. The van der Waals surface area contributed by atoms with Gasteiger partial charge in [0.1, 0.15) is 5.75 Å². The van der Waals surface area contributed by atoms with Crippen LogP contribution in [-0.2, 0) is 6.54 Å². The molecule has 0 amide bonds. The highest BCUT2D eigenvalue weighted by Gasteiger charge is 2.23. The van der Waals surface area contributed by atoms with Gasteiger partial charge >= 0.3 is 0 Å². The molecule has 0 spiro atoms. The summed E-state index contributed by atoms with van der Waals surface area (Å²) in [5, 5.41) is 7.54. The van der Waals surface area contributed by atoms with E-state index in [9.17, 15) is 0 Å². The van der Waals surface area contributed by atoms with Crippen LogP contribution in [0.5, 0.6) is 5.75 Å². The maximum absolute atomic E-state index is 6.02. The largest absolute Gasteiger partial charge is 0.496 e. The number of guanidine groups is 1. The van der Waals surface area contributed by atoms with Crippen molar-refractivity contribution in [3.63, 3.8) is 0 Å². The molecule has 1 fully saturated rings. The van der Waals surface area contributed by atoms with Crippen LogP contribution in [0.25, 0.3) is 0 Å². The summed E-state index contributed by atoms with van der Waals surface area (Å²) in [5.41, 5.74) is 2.31. The minimum Gasteiger partial charge on any atom is -0.496 e. The van der Waals surface area contributed by atoms with Crippen molar-refractivity contribution in [2.75, 3.05) is 32.1 Å². The quantitative estimate of drug-likeness (QED) is 0.371. The van der Waals surface area contributed by atoms with Gasteiger partial charge in [-0.25, -0.2) is 0 Å². The Morgan fingerprint density at radius 1 is 1.26 bits per heavy atom. The number of methoxy groups -OCH3 is 1. The van der Waals surface area contributed by atoms with Crippen molar-refractivity contribution in [2.24, 2.45) is 4.99 Å². The third-order valence-corrected chi connectivity index (χ3v) is 4.80. The Balaban J connectivity index is 0.00000261. The maximum Gasteiger partial charge on any atom is 0.191 e. The molecule has 1 unspecified atom stereocenters. The van der Waals surface area contributed by atoms with Gasteiger partial charge in [-0.1, -0.05) is 35.9 Å². The highest BCUT2D eigenvalue weighted by atomic mass is 127. The lowest BCUT2D eigenvalue weighted by Gasteiger charge is -2.20. The van der Waals surface area contributed by atoms with Crippen molar-refractivity contribution in [1.29, 1.82) is 0 Å². The van der Waals surface area contributed by atoms with Gasteiger partial charge in [0, 0.05) is 49.0 Å². The van der Waals surface area contributed by atoms with Crippen LogP contribution in [-0.4, -0.2) is 39.2 Å². The SMILES string of the molecule is CN=C(NCc1ccc(Cl)cc1OC)NC1CCN(c2ccccc2)C1.I. The summed E-state index contributed by atoms with van der Waals surface area (Å²) in [7, 11) is 3.44. The average molecular weight is 501 g/mol. The summed E-state index contributed by atoms with van der Waals surface area (Å²) in [6.45, 7) is 2.63. The van der Waals surface area contributed by atoms with Crippen LogP contribution in [0.15, 0.2) is 53.5 Å². The third kappa shape index (κ3) is 5.90. The Morgan fingerprint density at radius 2 is 2.04 bits per heavy atom. The van der Waals surface area contributed by atoms with Gasteiger partial charge in [0.25, 0.3) is 0 Å². The Morgan fingerprint density at radius 3 is 2.74 bits per heavy atom. The number of aliphatic imine (C=N–C) groups is 1. The van der Waals surface area contributed by atoms with Gasteiger partial charge in [0.2, 0.25) is 0 Å². The summed E-state index contributed by atoms with van der Waals surface area (Å²) >= 11 is 6.02. The average Bonchev–Trinajstić information content (AvgIpc) is 3.15. The number of nitrogens with zero attached hydrogens (tertiary/aromatic N) is 2. The topological polar surface area (TPSA) is 48.9 Å². The molecule has 1 aliphatic heterocycles. The van der Waals surface area contributed by atoms with Gasteiger partial charge < -0.3 is 20.3 Å². The Bertz CT molecular complexity index is 757. The van der Waals surface area contributed by atoms with E-state index < -0.39 is 0 Å². The van der Waals surface area contributed by atoms with E-state index in [1.54, 1.807) is 14.2 Å². The van der Waals surface area contributed by atoms with E-state index in [0.29, 0.717) is 17.6 Å². The van der Waals surface area contributed by atoms with Gasteiger partial charge in [-0.3, -0.25) is 4.99 Å². The second-order valence-electron chi connectivity index (χ2n) is 6.29. The van der Waals surface area contributed by atoms with Crippen LogP contribution in [0.1, 0.15) is 12.0 Å². The van der Waals surface area contributed by atoms with E-state index in [1.165, 1.54) is 5.69 Å². The van der Waals surface area contributed by atoms with Crippen molar-refractivity contribution < 1.29 is 4.74 Å². The fourth-order valence-corrected chi connectivity index (χ4v) is 3.34. The smallest absolute Gasteiger partial charge is 0.191 e. The molecule has 0 aromatic heterocycles. The molecule has 27 heavy (non-hydrogen) atoms. The number of para-hydroxylation sites is 1. The summed E-state index contributed by atoms with van der Waals surface area (Å²) in [6.07, 6.45) is 1.08. The first-order valence-electron chi connectivity index (χ1n) is 8.79. The lowest BCUT2D eigenvalue weighted by molar-refractivity contribution is 0.409. The molecular formula is C20H26ClIN4O. The van der Waals surface area contributed by atoms with Crippen LogP contribution in [0, 0.1) is 0 Å². The number of hydrogen-bond acceptors (Lipinski definition) is 3. The molecule has 146 valence electrons. The zero-order chi connectivity index (χ0) is 18.4. The van der Waals surface area contributed by atoms with E-state index in [4.69, 9.17) is 16.3 Å². The van der Waals surface area contributed by atoms with Crippen LogP contribution in [0.3, 0.4) is 0 Å². The third-order valence-electron chi connectivity index (χ3n) is 4.57. The van der Waals surface area contributed by atoms with Crippen molar-refractivity contribution in [1.82, 2.24) is 10.6 Å². The summed E-state index contributed by atoms with van der Waals surface area (Å²) in [5.74, 6) is 1.57. The van der Waals surface area contributed by atoms with Crippen molar-refractivity contribution >= 4 is 47.2 Å². The maximum atomic E-state index is 6.02. The Labute approximate surface area is 183 Å². The summed E-state index contributed by atoms with van der Waals surface area (Å²) < 4.78 is 5.40. The molecular weight excluding hydrogens is 475 g/mol. The molecule has 2 aromatic rings. The van der Waals surface area contributed by atoms with Crippen LogP contribution >= 0.6 is 35.6 Å². The van der Waals surface area contributed by atoms with Crippen LogP contribution < -0.4 is 20.3 Å². The van der Waals surface area contributed by atoms with E-state index in [1.807, 2.05) is 24.3 Å². The molecule has 2 N–H and O–H groups in total. The molecule has 1 saturated heterocycles. The first-order chi connectivity index (χ1) is 12.7. The summed E-state index contributed by atoms with van der Waals surface area (Å²) in [4.78, 5) is 6.74. The normalized spacial score (nSPS) is 16.6. The fourth-order valence-electron chi connectivity index (χ4n) is 3.18. The van der Waals surface area contributed by atoms with Crippen LogP contribution in [0.2, 0.25) is 5.02 Å². The van der Waals surface area contributed by atoms with Crippen molar-refractivity contribution in [2.45, 2.75) is 19.0 Å². The van der Waals surface area contributed by atoms with Crippen molar-refractivity contribution in [3.05, 3.63) is 59.1 Å². The zero-order valence-electron chi connectivity index (χ0n) is 15.6. The van der Waals surface area contributed by atoms with E-state index in [-0.39, 0.29) is 24.0 Å².